The maximum atomic E-state index is 12.9. The van der Waals surface area contributed by atoms with Crippen LogP contribution in [-0.4, -0.2) is 59.6 Å². The minimum atomic E-state index is -4.33. The zero-order valence-electron chi connectivity index (χ0n) is 17.5. The zero-order valence-corrected chi connectivity index (χ0v) is 19.1. The molecule has 2 aromatic rings. The second-order valence-corrected chi connectivity index (χ2v) is 11.2. The lowest BCUT2D eigenvalue weighted by Gasteiger charge is -2.53. The minimum Gasteiger partial charge on any atom is -0.321 e. The van der Waals surface area contributed by atoms with Gasteiger partial charge in [-0.15, -0.1) is 0 Å². The summed E-state index contributed by atoms with van der Waals surface area (Å²) in [6.07, 6.45) is -6.79. The third kappa shape index (κ3) is 4.01. The Hall–Kier alpha value is -2.19. The fraction of sp³-hybridized carbons (Fsp3) is 0.381. The summed E-state index contributed by atoms with van der Waals surface area (Å²) >= 11 is 0. The molecule has 1 aliphatic carbocycles. The quantitative estimate of drug-likeness (QED) is 0.538. The first-order valence-corrected chi connectivity index (χ1v) is 12.9. The molecule has 6 rings (SSSR count). The molecule has 3 heterocycles. The molecule has 33 heavy (non-hydrogen) atoms. The molecule has 0 N–H and O–H groups in total. The number of carbonyl (C=O) groups excluding carboxylic acids is 1. The molecule has 4 fully saturated rings. The van der Waals surface area contributed by atoms with Gasteiger partial charge in [-0.25, -0.2) is 0 Å². The molecule has 4 aliphatic rings. The highest BCUT2D eigenvalue weighted by Gasteiger charge is 2.65. The first-order chi connectivity index (χ1) is 15.5. The molecule has 0 aromatic heterocycles. The van der Waals surface area contributed by atoms with E-state index in [1.54, 1.807) is 38.1 Å². The van der Waals surface area contributed by atoms with E-state index < -0.39 is 63.0 Å². The van der Waals surface area contributed by atoms with Gasteiger partial charge in [0.2, 0.25) is 0 Å². The van der Waals surface area contributed by atoms with Crippen molar-refractivity contribution in [1.29, 1.82) is 0 Å². The van der Waals surface area contributed by atoms with Crippen LogP contribution in [0.3, 0.4) is 0 Å². The molecule has 176 valence electrons. The lowest BCUT2D eigenvalue weighted by atomic mass is 9.84. The first kappa shape index (κ1) is 22.6. The van der Waals surface area contributed by atoms with E-state index in [2.05, 4.69) is 0 Å². The van der Waals surface area contributed by atoms with E-state index in [1.165, 1.54) is 24.3 Å². The van der Waals surface area contributed by atoms with Crippen molar-refractivity contribution in [2.45, 2.75) is 60.6 Å². The van der Waals surface area contributed by atoms with Gasteiger partial charge in [-0.2, -0.15) is 16.8 Å². The number of Topliss-reactive ketones (excluding diaryl/α,β-unsaturated/α-hetero) is 1. The van der Waals surface area contributed by atoms with Crippen LogP contribution in [0.25, 0.3) is 0 Å². The Kier molecular flexibility index (Phi) is 5.44. The molecule has 0 radical (unpaired) electrons. The summed E-state index contributed by atoms with van der Waals surface area (Å²) in [6.45, 7) is 2.34. The topological polar surface area (TPSA) is 132 Å². The average molecular weight is 497 g/mol. The fourth-order valence-electron chi connectivity index (χ4n) is 3.95. The average Bonchev–Trinajstić information content (AvgIpc) is 2.76. The van der Waals surface area contributed by atoms with Crippen molar-refractivity contribution in [3.8, 4) is 0 Å². The van der Waals surface area contributed by atoms with Crippen LogP contribution in [0.15, 0.2) is 58.3 Å². The van der Waals surface area contributed by atoms with E-state index >= 15 is 0 Å². The molecule has 0 spiro atoms. The number of benzene rings is 2. The van der Waals surface area contributed by atoms with Crippen LogP contribution in [0.4, 0.5) is 0 Å². The van der Waals surface area contributed by atoms with Crippen LogP contribution < -0.4 is 0 Å². The highest BCUT2D eigenvalue weighted by molar-refractivity contribution is 7.87. The second-order valence-electron chi connectivity index (χ2n) is 8.06. The second kappa shape index (κ2) is 7.94. The molecular weight excluding hydrogens is 476 g/mol. The summed E-state index contributed by atoms with van der Waals surface area (Å²) in [4.78, 5) is 12.6. The fourth-order valence-corrected chi connectivity index (χ4v) is 6.12. The van der Waals surface area contributed by atoms with Crippen LogP contribution in [-0.2, 0) is 47.6 Å². The third-order valence-electron chi connectivity index (χ3n) is 5.68. The van der Waals surface area contributed by atoms with Gasteiger partial charge in [0.05, 0.1) is 9.79 Å². The summed E-state index contributed by atoms with van der Waals surface area (Å²) in [6, 6.07) is 11.8. The number of hydrogen-bond acceptors (Lipinski definition) is 10. The summed E-state index contributed by atoms with van der Waals surface area (Å²) in [5, 5.41) is 0. The molecule has 0 amide bonds. The van der Waals surface area contributed by atoms with E-state index in [0.29, 0.717) is 0 Å². The van der Waals surface area contributed by atoms with Crippen molar-refractivity contribution in [2.24, 2.45) is 0 Å². The van der Waals surface area contributed by atoms with E-state index in [-0.39, 0.29) is 9.79 Å². The van der Waals surface area contributed by atoms with Crippen molar-refractivity contribution in [3.05, 3.63) is 59.7 Å². The van der Waals surface area contributed by atoms with Gasteiger partial charge in [-0.3, -0.25) is 13.2 Å². The number of aryl methyl sites for hydroxylation is 2. The maximum absolute atomic E-state index is 12.9. The van der Waals surface area contributed by atoms with E-state index in [0.717, 1.165) is 11.1 Å². The first-order valence-electron chi connectivity index (χ1n) is 10.1. The smallest absolute Gasteiger partial charge is 0.297 e. The van der Waals surface area contributed by atoms with E-state index in [1.807, 2.05) is 0 Å². The number of ether oxygens (including phenoxy) is 3. The molecule has 4 bridgehead atoms. The van der Waals surface area contributed by atoms with Crippen LogP contribution >= 0.6 is 0 Å². The molecule has 10 nitrogen and oxygen atoms in total. The summed E-state index contributed by atoms with van der Waals surface area (Å²) in [5.41, 5.74) is 1.69. The Morgan fingerprint density at radius 1 is 0.667 bits per heavy atom. The van der Waals surface area contributed by atoms with Gasteiger partial charge in [0.1, 0.15) is 18.3 Å². The van der Waals surface area contributed by atoms with Crippen molar-refractivity contribution < 1.29 is 44.2 Å². The van der Waals surface area contributed by atoms with Crippen LogP contribution in [0.1, 0.15) is 11.1 Å². The molecule has 4 unspecified atom stereocenters. The molecule has 1 saturated carbocycles. The molecule has 3 saturated heterocycles. The largest absolute Gasteiger partial charge is 0.321 e. The van der Waals surface area contributed by atoms with Crippen LogP contribution in [0.5, 0.6) is 0 Å². The number of rotatable bonds is 6. The van der Waals surface area contributed by atoms with E-state index in [4.69, 9.17) is 22.6 Å². The number of ketones is 1. The van der Waals surface area contributed by atoms with Gasteiger partial charge in [0.15, 0.2) is 18.0 Å². The molecular formula is C21H20O10S2. The predicted octanol–water partition coefficient (Wildman–Crippen LogP) is 1.20. The summed E-state index contributed by atoms with van der Waals surface area (Å²) in [5.74, 6) is -0.681. The number of carbonyl (C=O) groups is 1. The van der Waals surface area contributed by atoms with Crippen molar-refractivity contribution in [2.75, 3.05) is 0 Å². The molecule has 12 heteroatoms. The van der Waals surface area contributed by atoms with Crippen LogP contribution in [0, 0.1) is 13.8 Å². The lowest BCUT2D eigenvalue weighted by molar-refractivity contribution is -0.434. The van der Waals surface area contributed by atoms with Crippen LogP contribution in [0.2, 0.25) is 0 Å². The maximum Gasteiger partial charge on any atom is 0.297 e. The van der Waals surface area contributed by atoms with Gasteiger partial charge in [0, 0.05) is 0 Å². The zero-order chi connectivity index (χ0) is 23.5. The normalized spacial score (nSPS) is 31.2. The van der Waals surface area contributed by atoms with Crippen molar-refractivity contribution in [3.63, 3.8) is 0 Å². The van der Waals surface area contributed by atoms with Gasteiger partial charge in [-0.1, -0.05) is 35.4 Å². The summed E-state index contributed by atoms with van der Waals surface area (Å²) in [7, 11) is -8.65. The Bertz CT molecular complexity index is 1190. The lowest BCUT2D eigenvalue weighted by Crippen LogP contribution is -2.74. The Labute approximate surface area is 190 Å². The van der Waals surface area contributed by atoms with Crippen molar-refractivity contribution >= 4 is 26.0 Å². The Morgan fingerprint density at radius 3 is 1.45 bits per heavy atom. The molecule has 3 aliphatic heterocycles. The van der Waals surface area contributed by atoms with Gasteiger partial charge in [-0.05, 0) is 38.1 Å². The van der Waals surface area contributed by atoms with Gasteiger partial charge >= 0.3 is 0 Å². The Morgan fingerprint density at radius 2 is 1.06 bits per heavy atom. The highest BCUT2D eigenvalue weighted by Crippen LogP contribution is 2.42. The standard InChI is InChI=1S/C21H20O10S2/c1-11-3-7-13(8-4-11)32(23,24)30-19-16-15(22)17-20(18(19)29-21(27-16)28-17)31-33(25,26)14-9-5-12(2)6-10-14/h3-10,16-21H,1-2H3. The monoisotopic (exact) mass is 496 g/mol. The van der Waals surface area contributed by atoms with Gasteiger partial charge < -0.3 is 14.2 Å². The summed E-state index contributed by atoms with van der Waals surface area (Å²) < 4.78 is 78.3. The minimum absolute atomic E-state index is 0.129. The highest BCUT2D eigenvalue weighted by atomic mass is 32.2. The SMILES string of the molecule is Cc1ccc(S(=O)(=O)OC2C3OC4OC(C3=O)C(OS(=O)(=O)c3ccc(C)cc3)C2O4)cc1. The number of hydrogen-bond donors (Lipinski definition) is 0. The van der Waals surface area contributed by atoms with Gasteiger partial charge in [0.25, 0.3) is 26.7 Å². The predicted molar refractivity (Wildman–Crippen MR) is 110 cm³/mol. The van der Waals surface area contributed by atoms with Crippen molar-refractivity contribution in [1.82, 2.24) is 0 Å². The molecule has 4 atom stereocenters. The third-order valence-corrected chi connectivity index (χ3v) is 8.33. The molecule has 2 aromatic carbocycles. The van der Waals surface area contributed by atoms with E-state index in [9.17, 15) is 21.6 Å². The Balaban J connectivity index is 1.45.